The lowest BCUT2D eigenvalue weighted by atomic mass is 10.8. The number of amides is 1. The third kappa shape index (κ3) is 1.60. The fourth-order valence-corrected chi connectivity index (χ4v) is 0.882. The Morgan fingerprint density at radius 2 is 2.43 bits per heavy atom. The fraction of sp³-hybridized carbons (Fsp3) is 0.143. The van der Waals surface area contributed by atoms with Crippen LogP contribution in [0.3, 0.4) is 0 Å². The number of aryl methyl sites for hydroxylation is 1. The van der Waals surface area contributed by atoms with Crippen molar-refractivity contribution in [1.82, 2.24) is 19.7 Å². The molecule has 72 valence electrons. The molecule has 14 heavy (non-hydrogen) atoms. The number of aromatic nitrogens is 4. The van der Waals surface area contributed by atoms with Crippen molar-refractivity contribution in [3.8, 4) is 0 Å². The second-order valence-corrected chi connectivity index (χ2v) is 2.53. The second kappa shape index (κ2) is 3.29. The minimum atomic E-state index is -0.397. The van der Waals surface area contributed by atoms with Gasteiger partial charge < -0.3 is 4.42 Å². The number of rotatable bonds is 1. The maximum absolute atomic E-state index is 11.4. The lowest BCUT2D eigenvalue weighted by Gasteiger charge is -1.98. The van der Waals surface area contributed by atoms with E-state index in [1.165, 1.54) is 23.3 Å². The monoisotopic (exact) mass is 193 g/mol. The van der Waals surface area contributed by atoms with E-state index in [0.717, 1.165) is 0 Å². The number of carbonyl (C=O) groups excluding carboxylic acids is 1. The molecule has 0 fully saturated rings. The molecule has 0 aromatic carbocycles. The zero-order valence-corrected chi connectivity index (χ0v) is 7.34. The molecule has 0 atom stereocenters. The summed E-state index contributed by atoms with van der Waals surface area (Å²) < 4.78 is 6.23. The van der Waals surface area contributed by atoms with E-state index in [1.807, 2.05) is 0 Å². The molecule has 2 aromatic rings. The highest BCUT2D eigenvalue weighted by Crippen LogP contribution is 2.03. The lowest BCUT2D eigenvalue weighted by molar-refractivity contribution is 0.252. The Morgan fingerprint density at radius 3 is 3.00 bits per heavy atom. The van der Waals surface area contributed by atoms with Crippen LogP contribution in [0.4, 0.5) is 10.8 Å². The molecule has 2 aromatic heterocycles. The van der Waals surface area contributed by atoms with E-state index in [4.69, 9.17) is 4.42 Å². The molecule has 7 heteroatoms. The first kappa shape index (κ1) is 8.42. The maximum atomic E-state index is 11.4. The number of imidazole rings is 1. The van der Waals surface area contributed by atoms with Crippen LogP contribution < -0.4 is 5.32 Å². The van der Waals surface area contributed by atoms with E-state index in [2.05, 4.69) is 20.5 Å². The molecule has 0 aliphatic rings. The third-order valence-electron chi connectivity index (χ3n) is 1.48. The summed E-state index contributed by atoms with van der Waals surface area (Å²) in [6, 6.07) is -0.327. The summed E-state index contributed by atoms with van der Waals surface area (Å²) in [5.74, 6) is 0.394. The van der Waals surface area contributed by atoms with Crippen LogP contribution in [0.2, 0.25) is 0 Å². The molecule has 1 N–H and O–H groups in total. The molecule has 2 heterocycles. The number of anilines is 1. The Morgan fingerprint density at radius 1 is 1.57 bits per heavy atom. The maximum Gasteiger partial charge on any atom is 0.334 e. The molecule has 0 saturated carbocycles. The zero-order chi connectivity index (χ0) is 9.97. The van der Waals surface area contributed by atoms with Crippen LogP contribution in [-0.2, 0) is 0 Å². The highest BCUT2D eigenvalue weighted by atomic mass is 16.4. The van der Waals surface area contributed by atoms with Gasteiger partial charge in [0.1, 0.15) is 6.33 Å². The highest BCUT2D eigenvalue weighted by Gasteiger charge is 2.08. The predicted octanol–water partition coefficient (Wildman–Crippen LogP) is 0.655. The molecular weight excluding hydrogens is 186 g/mol. The Balaban J connectivity index is 2.09. The Bertz CT molecular complexity index is 433. The van der Waals surface area contributed by atoms with E-state index in [9.17, 15) is 4.79 Å². The summed E-state index contributed by atoms with van der Waals surface area (Å²) in [5, 5.41) is 9.59. The zero-order valence-electron chi connectivity index (χ0n) is 7.34. The fourth-order valence-electron chi connectivity index (χ4n) is 0.882. The van der Waals surface area contributed by atoms with Gasteiger partial charge in [-0.25, -0.2) is 9.78 Å². The van der Waals surface area contributed by atoms with Gasteiger partial charge in [0.2, 0.25) is 5.89 Å². The topological polar surface area (TPSA) is 85.8 Å². The van der Waals surface area contributed by atoms with Crippen molar-refractivity contribution in [2.75, 3.05) is 5.32 Å². The van der Waals surface area contributed by atoms with Crippen LogP contribution in [0.5, 0.6) is 0 Å². The van der Waals surface area contributed by atoms with Gasteiger partial charge >= 0.3 is 12.0 Å². The van der Waals surface area contributed by atoms with Crippen LogP contribution in [-0.4, -0.2) is 25.8 Å². The standard InChI is InChI=1S/C7H7N5O2/c1-5-10-11-6(14-5)9-7(13)12-3-2-8-4-12/h2-4H,1H3,(H,9,11,13). The molecule has 0 unspecified atom stereocenters. The molecular formula is C7H7N5O2. The number of hydrogen-bond acceptors (Lipinski definition) is 5. The van der Waals surface area contributed by atoms with Gasteiger partial charge in [-0.1, -0.05) is 5.10 Å². The van der Waals surface area contributed by atoms with Gasteiger partial charge in [-0.15, -0.1) is 5.10 Å². The second-order valence-electron chi connectivity index (χ2n) is 2.53. The average Bonchev–Trinajstić information content (AvgIpc) is 2.75. The van der Waals surface area contributed by atoms with Crippen LogP contribution in [0.15, 0.2) is 23.1 Å². The lowest BCUT2D eigenvalue weighted by Crippen LogP contribution is -2.17. The van der Waals surface area contributed by atoms with Crippen LogP contribution >= 0.6 is 0 Å². The molecule has 1 amide bonds. The van der Waals surface area contributed by atoms with Gasteiger partial charge in [0.05, 0.1) is 0 Å². The number of hydrogen-bond donors (Lipinski definition) is 1. The van der Waals surface area contributed by atoms with Crippen molar-refractivity contribution in [2.24, 2.45) is 0 Å². The summed E-state index contributed by atoms with van der Waals surface area (Å²) >= 11 is 0. The summed E-state index contributed by atoms with van der Waals surface area (Å²) in [6.07, 6.45) is 4.38. The van der Waals surface area contributed by atoms with Crippen molar-refractivity contribution in [3.05, 3.63) is 24.6 Å². The van der Waals surface area contributed by atoms with Gasteiger partial charge in [0.15, 0.2) is 0 Å². The van der Waals surface area contributed by atoms with Crippen molar-refractivity contribution < 1.29 is 9.21 Å². The predicted molar refractivity (Wildman–Crippen MR) is 45.7 cm³/mol. The van der Waals surface area contributed by atoms with Crippen molar-refractivity contribution >= 4 is 12.0 Å². The smallest absolute Gasteiger partial charge is 0.334 e. The molecule has 7 nitrogen and oxygen atoms in total. The van der Waals surface area contributed by atoms with E-state index in [-0.39, 0.29) is 6.01 Å². The van der Waals surface area contributed by atoms with E-state index in [0.29, 0.717) is 5.89 Å². The number of nitrogens with one attached hydrogen (secondary N) is 1. The Hall–Kier alpha value is -2.18. The summed E-state index contributed by atoms with van der Waals surface area (Å²) in [7, 11) is 0. The van der Waals surface area contributed by atoms with E-state index in [1.54, 1.807) is 6.92 Å². The largest absolute Gasteiger partial charge is 0.408 e. The molecule has 0 bridgehead atoms. The molecule has 0 aliphatic carbocycles. The summed E-state index contributed by atoms with van der Waals surface area (Å²) in [6.45, 7) is 1.64. The first-order valence-corrected chi connectivity index (χ1v) is 3.85. The first-order chi connectivity index (χ1) is 6.75. The summed E-state index contributed by atoms with van der Waals surface area (Å²) in [5.41, 5.74) is 0. The quantitative estimate of drug-likeness (QED) is 0.718. The minimum Gasteiger partial charge on any atom is -0.408 e. The van der Waals surface area contributed by atoms with Gasteiger partial charge in [-0.05, 0) is 0 Å². The molecule has 0 radical (unpaired) electrons. The molecule has 2 rings (SSSR count). The van der Waals surface area contributed by atoms with Crippen molar-refractivity contribution in [1.29, 1.82) is 0 Å². The average molecular weight is 193 g/mol. The van der Waals surface area contributed by atoms with Crippen molar-refractivity contribution in [2.45, 2.75) is 6.92 Å². The first-order valence-electron chi connectivity index (χ1n) is 3.85. The van der Waals surface area contributed by atoms with Crippen LogP contribution in [0, 0.1) is 6.92 Å². The SMILES string of the molecule is Cc1nnc(NC(=O)n2ccnc2)o1. The molecule has 0 aliphatic heterocycles. The number of nitrogens with zero attached hydrogens (tertiary/aromatic N) is 4. The third-order valence-corrected chi connectivity index (χ3v) is 1.48. The molecule has 0 saturated heterocycles. The number of carbonyl (C=O) groups is 1. The van der Waals surface area contributed by atoms with Crippen molar-refractivity contribution in [3.63, 3.8) is 0 Å². The molecule has 0 spiro atoms. The Labute approximate surface area is 78.8 Å². The minimum absolute atomic E-state index is 0.0706. The summed E-state index contributed by atoms with van der Waals surface area (Å²) in [4.78, 5) is 15.1. The highest BCUT2D eigenvalue weighted by molar-refractivity contribution is 5.88. The van der Waals surface area contributed by atoms with Crippen LogP contribution in [0.25, 0.3) is 0 Å². The Kier molecular flexibility index (Phi) is 1.98. The van der Waals surface area contributed by atoms with Gasteiger partial charge in [0.25, 0.3) is 0 Å². The van der Waals surface area contributed by atoms with Gasteiger partial charge in [-0.2, -0.15) is 0 Å². The van der Waals surface area contributed by atoms with Gasteiger partial charge in [0, 0.05) is 19.3 Å². The normalized spacial score (nSPS) is 10.1. The van der Waals surface area contributed by atoms with E-state index >= 15 is 0 Å². The van der Waals surface area contributed by atoms with Gasteiger partial charge in [-0.3, -0.25) is 9.88 Å². The van der Waals surface area contributed by atoms with Crippen LogP contribution in [0.1, 0.15) is 5.89 Å². The van der Waals surface area contributed by atoms with E-state index < -0.39 is 6.03 Å².